The third kappa shape index (κ3) is 5.84. The Balaban J connectivity index is 1.80. The van der Waals surface area contributed by atoms with Crippen LogP contribution in [0, 0.1) is 0 Å². The molecule has 0 aliphatic rings. The minimum absolute atomic E-state index is 0.0217. The summed E-state index contributed by atoms with van der Waals surface area (Å²) in [6.45, 7) is 5.14. The number of unbranched alkanes of at least 4 members (excludes halogenated alkanes) is 1. The standard InChI is InChI=1S/C16H22N4OS2/c1-3-5-10-17-15-19-20-16(23-15)22-11-14(21)18-13-9-7-6-8-12(13)4-2/h6-9H,3-5,10-11H2,1-2H3,(H,17,19)(H,18,21). The third-order valence-corrected chi connectivity index (χ3v) is 5.23. The second-order valence-corrected chi connectivity index (χ2v) is 7.20. The van der Waals surface area contributed by atoms with Gasteiger partial charge in [-0.15, -0.1) is 10.2 Å². The number of benzene rings is 1. The summed E-state index contributed by atoms with van der Waals surface area (Å²) >= 11 is 2.90. The first-order chi connectivity index (χ1) is 11.2. The SMILES string of the molecule is CCCCNc1nnc(SCC(=O)Nc2ccccc2CC)s1. The average molecular weight is 351 g/mol. The van der Waals surface area contributed by atoms with Crippen LogP contribution in [0.15, 0.2) is 28.6 Å². The molecule has 23 heavy (non-hydrogen) atoms. The van der Waals surface area contributed by atoms with Crippen LogP contribution < -0.4 is 10.6 Å². The zero-order valence-electron chi connectivity index (χ0n) is 13.5. The van der Waals surface area contributed by atoms with Gasteiger partial charge in [0.15, 0.2) is 4.34 Å². The molecule has 1 heterocycles. The van der Waals surface area contributed by atoms with Gasteiger partial charge in [-0.3, -0.25) is 4.79 Å². The zero-order valence-corrected chi connectivity index (χ0v) is 15.1. The van der Waals surface area contributed by atoms with Crippen molar-refractivity contribution >= 4 is 39.8 Å². The molecule has 0 spiro atoms. The van der Waals surface area contributed by atoms with Gasteiger partial charge in [0, 0.05) is 12.2 Å². The van der Waals surface area contributed by atoms with Gasteiger partial charge in [-0.1, -0.05) is 61.6 Å². The van der Waals surface area contributed by atoms with E-state index in [0.717, 1.165) is 46.5 Å². The van der Waals surface area contributed by atoms with E-state index in [9.17, 15) is 4.79 Å². The zero-order chi connectivity index (χ0) is 16.5. The summed E-state index contributed by atoms with van der Waals surface area (Å²) < 4.78 is 0.808. The van der Waals surface area contributed by atoms with E-state index in [1.165, 1.54) is 23.1 Å². The number of aromatic nitrogens is 2. The minimum atomic E-state index is -0.0217. The molecule has 0 aliphatic heterocycles. The van der Waals surface area contributed by atoms with E-state index in [0.29, 0.717) is 5.75 Å². The highest BCUT2D eigenvalue weighted by molar-refractivity contribution is 8.01. The van der Waals surface area contributed by atoms with Crippen molar-refractivity contribution in [3.63, 3.8) is 0 Å². The molecule has 2 rings (SSSR count). The van der Waals surface area contributed by atoms with Crippen molar-refractivity contribution in [3.8, 4) is 0 Å². The Labute approximate surface area is 145 Å². The van der Waals surface area contributed by atoms with E-state index in [2.05, 4.69) is 34.7 Å². The lowest BCUT2D eigenvalue weighted by molar-refractivity contribution is -0.113. The molecule has 2 aromatic rings. The van der Waals surface area contributed by atoms with Gasteiger partial charge in [-0.2, -0.15) is 0 Å². The van der Waals surface area contributed by atoms with Crippen molar-refractivity contribution in [2.24, 2.45) is 0 Å². The Morgan fingerprint density at radius 1 is 1.26 bits per heavy atom. The second kappa shape index (κ2) is 9.52. The Kier molecular flexibility index (Phi) is 7.35. The van der Waals surface area contributed by atoms with Crippen molar-refractivity contribution in [2.45, 2.75) is 37.4 Å². The van der Waals surface area contributed by atoms with Crippen molar-refractivity contribution in [3.05, 3.63) is 29.8 Å². The van der Waals surface area contributed by atoms with E-state index in [1.54, 1.807) is 0 Å². The maximum Gasteiger partial charge on any atom is 0.234 e. The van der Waals surface area contributed by atoms with Crippen LogP contribution in [0.3, 0.4) is 0 Å². The van der Waals surface area contributed by atoms with Crippen LogP contribution in [0.5, 0.6) is 0 Å². The predicted octanol–water partition coefficient (Wildman–Crippen LogP) is 4.04. The van der Waals surface area contributed by atoms with Crippen LogP contribution in [0.25, 0.3) is 0 Å². The van der Waals surface area contributed by atoms with Crippen LogP contribution in [-0.2, 0) is 11.2 Å². The molecule has 0 atom stereocenters. The summed E-state index contributed by atoms with van der Waals surface area (Å²) in [6.07, 6.45) is 3.15. The molecule has 1 aromatic carbocycles. The van der Waals surface area contributed by atoms with Crippen LogP contribution in [0.4, 0.5) is 10.8 Å². The van der Waals surface area contributed by atoms with E-state index in [1.807, 2.05) is 24.3 Å². The first-order valence-corrected chi connectivity index (χ1v) is 9.61. The molecule has 0 fully saturated rings. The fourth-order valence-corrected chi connectivity index (χ4v) is 3.55. The van der Waals surface area contributed by atoms with Crippen molar-refractivity contribution in [1.82, 2.24) is 10.2 Å². The number of amides is 1. The fraction of sp³-hybridized carbons (Fsp3) is 0.438. The molecule has 124 valence electrons. The maximum atomic E-state index is 12.1. The van der Waals surface area contributed by atoms with Gasteiger partial charge >= 0.3 is 0 Å². The monoisotopic (exact) mass is 350 g/mol. The highest BCUT2D eigenvalue weighted by Gasteiger charge is 2.09. The summed E-state index contributed by atoms with van der Waals surface area (Å²) in [5, 5.41) is 15.2. The number of thioether (sulfide) groups is 1. The van der Waals surface area contributed by atoms with Crippen LogP contribution >= 0.6 is 23.1 Å². The number of aryl methyl sites for hydroxylation is 1. The van der Waals surface area contributed by atoms with Crippen LogP contribution in [0.2, 0.25) is 0 Å². The Bertz CT molecular complexity index is 630. The second-order valence-electron chi connectivity index (χ2n) is 5.00. The summed E-state index contributed by atoms with van der Waals surface area (Å²) in [7, 11) is 0. The lowest BCUT2D eigenvalue weighted by atomic mass is 10.1. The highest BCUT2D eigenvalue weighted by atomic mass is 32.2. The van der Waals surface area contributed by atoms with E-state index in [-0.39, 0.29) is 5.91 Å². The summed E-state index contributed by atoms with van der Waals surface area (Å²) in [4.78, 5) is 12.1. The molecule has 5 nitrogen and oxygen atoms in total. The van der Waals surface area contributed by atoms with Crippen molar-refractivity contribution in [2.75, 3.05) is 22.9 Å². The largest absolute Gasteiger partial charge is 0.360 e. The predicted molar refractivity (Wildman–Crippen MR) is 98.5 cm³/mol. The molecular formula is C16H22N4OS2. The van der Waals surface area contributed by atoms with Gasteiger partial charge in [0.25, 0.3) is 0 Å². The molecule has 0 saturated heterocycles. The fourth-order valence-electron chi connectivity index (χ4n) is 1.98. The quantitative estimate of drug-likeness (QED) is 0.528. The molecule has 2 N–H and O–H groups in total. The van der Waals surface area contributed by atoms with Crippen LogP contribution in [0.1, 0.15) is 32.3 Å². The first-order valence-electron chi connectivity index (χ1n) is 7.80. The number of rotatable bonds is 9. The van der Waals surface area contributed by atoms with Gasteiger partial charge < -0.3 is 10.6 Å². The molecule has 0 saturated carbocycles. The molecule has 7 heteroatoms. The molecule has 0 unspecified atom stereocenters. The summed E-state index contributed by atoms with van der Waals surface area (Å²) in [5.41, 5.74) is 2.03. The number of carbonyl (C=O) groups is 1. The van der Waals surface area contributed by atoms with Gasteiger partial charge in [0.1, 0.15) is 0 Å². The number of carbonyl (C=O) groups excluding carboxylic acids is 1. The third-order valence-electron chi connectivity index (χ3n) is 3.21. The number of hydrogen-bond acceptors (Lipinski definition) is 6. The van der Waals surface area contributed by atoms with Gasteiger partial charge in [-0.25, -0.2) is 0 Å². The Morgan fingerprint density at radius 3 is 2.87 bits per heavy atom. The van der Waals surface area contributed by atoms with Gasteiger partial charge in [-0.05, 0) is 24.5 Å². The van der Waals surface area contributed by atoms with Gasteiger partial charge in [0.05, 0.1) is 5.75 Å². The van der Waals surface area contributed by atoms with Crippen LogP contribution in [-0.4, -0.2) is 28.4 Å². The Morgan fingerprint density at radius 2 is 2.09 bits per heavy atom. The van der Waals surface area contributed by atoms with Crippen molar-refractivity contribution in [1.29, 1.82) is 0 Å². The minimum Gasteiger partial charge on any atom is -0.360 e. The molecule has 0 aliphatic carbocycles. The lowest BCUT2D eigenvalue weighted by Crippen LogP contribution is -2.15. The summed E-state index contributed by atoms with van der Waals surface area (Å²) in [6, 6.07) is 7.88. The normalized spacial score (nSPS) is 10.5. The molecule has 0 radical (unpaired) electrons. The molecule has 1 aromatic heterocycles. The Hall–Kier alpha value is -1.60. The van der Waals surface area contributed by atoms with E-state index in [4.69, 9.17) is 0 Å². The molecule has 1 amide bonds. The van der Waals surface area contributed by atoms with Crippen molar-refractivity contribution < 1.29 is 4.79 Å². The average Bonchev–Trinajstić information content (AvgIpc) is 3.02. The number of nitrogens with zero attached hydrogens (tertiary/aromatic N) is 2. The first kappa shape index (κ1) is 17.7. The number of hydrogen-bond donors (Lipinski definition) is 2. The topological polar surface area (TPSA) is 66.9 Å². The smallest absolute Gasteiger partial charge is 0.234 e. The number of anilines is 2. The van der Waals surface area contributed by atoms with E-state index < -0.39 is 0 Å². The maximum absolute atomic E-state index is 12.1. The number of nitrogens with one attached hydrogen (secondary N) is 2. The van der Waals surface area contributed by atoms with Gasteiger partial charge in [0.2, 0.25) is 11.0 Å². The van der Waals surface area contributed by atoms with E-state index >= 15 is 0 Å². The molecule has 0 bridgehead atoms. The summed E-state index contributed by atoms with van der Waals surface area (Å²) in [5.74, 6) is 0.313. The number of para-hydroxylation sites is 1. The highest BCUT2D eigenvalue weighted by Crippen LogP contribution is 2.25. The lowest BCUT2D eigenvalue weighted by Gasteiger charge is -2.08. The molecular weight excluding hydrogens is 328 g/mol.